The lowest BCUT2D eigenvalue weighted by Gasteiger charge is -2.33. The summed E-state index contributed by atoms with van der Waals surface area (Å²) in [6, 6.07) is 9.01. The largest absolute Gasteiger partial charge is 0.282 e. The van der Waals surface area contributed by atoms with Crippen LogP contribution in [0.1, 0.15) is 11.3 Å². The summed E-state index contributed by atoms with van der Waals surface area (Å²) in [5, 5.41) is 4.37. The number of aryl methyl sites for hydroxylation is 2. The average molecular weight is 334 g/mol. The molecule has 0 bridgehead atoms. The number of hydrogen-bond acceptors (Lipinski definition) is 4. The number of nitrogens with zero attached hydrogens (tertiary/aromatic N) is 4. The summed E-state index contributed by atoms with van der Waals surface area (Å²) >= 11 is 0. The van der Waals surface area contributed by atoms with Gasteiger partial charge in [0.1, 0.15) is 0 Å². The van der Waals surface area contributed by atoms with Gasteiger partial charge < -0.3 is 0 Å². The Kier molecular flexibility index (Phi) is 4.52. The monoisotopic (exact) mass is 334 g/mol. The minimum absolute atomic E-state index is 0.374. The number of sulfonamides is 1. The Bertz CT molecular complexity index is 760. The quantitative estimate of drug-likeness (QED) is 0.849. The number of piperazine rings is 1. The second kappa shape index (κ2) is 6.43. The number of benzene rings is 1. The van der Waals surface area contributed by atoms with Gasteiger partial charge in [0.15, 0.2) is 0 Å². The molecule has 7 heteroatoms. The molecule has 1 saturated heterocycles. The fourth-order valence-corrected chi connectivity index (χ4v) is 4.14. The summed E-state index contributed by atoms with van der Waals surface area (Å²) < 4.78 is 28.8. The third kappa shape index (κ3) is 3.63. The van der Waals surface area contributed by atoms with E-state index in [1.807, 2.05) is 42.9 Å². The molecule has 0 aliphatic carbocycles. The van der Waals surface area contributed by atoms with Crippen molar-refractivity contribution in [3.8, 4) is 0 Å². The van der Waals surface area contributed by atoms with E-state index in [9.17, 15) is 8.42 Å². The van der Waals surface area contributed by atoms with Crippen LogP contribution >= 0.6 is 0 Å². The van der Waals surface area contributed by atoms with Gasteiger partial charge in [-0.15, -0.1) is 0 Å². The van der Waals surface area contributed by atoms with Crippen molar-refractivity contribution in [1.29, 1.82) is 0 Å². The van der Waals surface area contributed by atoms with Gasteiger partial charge in [-0.25, -0.2) is 8.42 Å². The summed E-state index contributed by atoms with van der Waals surface area (Å²) in [6.45, 7) is 7.06. The third-order valence-electron chi connectivity index (χ3n) is 4.11. The van der Waals surface area contributed by atoms with Crippen LogP contribution in [0.2, 0.25) is 0 Å². The van der Waals surface area contributed by atoms with Crippen molar-refractivity contribution in [3.05, 3.63) is 47.8 Å². The molecule has 6 nitrogen and oxygen atoms in total. The molecule has 0 saturated carbocycles. The molecule has 0 amide bonds. The van der Waals surface area contributed by atoms with E-state index in [1.165, 1.54) is 0 Å². The molecule has 0 unspecified atom stereocenters. The number of rotatable bonds is 4. The van der Waals surface area contributed by atoms with Crippen molar-refractivity contribution in [2.75, 3.05) is 26.2 Å². The maximum absolute atomic E-state index is 12.7. The van der Waals surface area contributed by atoms with Crippen molar-refractivity contribution in [2.45, 2.75) is 25.4 Å². The number of aromatic nitrogens is 2. The molecular weight excluding hydrogens is 312 g/mol. The van der Waals surface area contributed by atoms with Crippen LogP contribution in [0.3, 0.4) is 0 Å². The molecule has 1 aromatic heterocycles. The Labute approximate surface area is 137 Å². The van der Waals surface area contributed by atoms with Crippen LogP contribution in [0, 0.1) is 13.8 Å². The summed E-state index contributed by atoms with van der Waals surface area (Å²) in [4.78, 5) is 2.59. The maximum atomic E-state index is 12.7. The predicted molar refractivity (Wildman–Crippen MR) is 88.5 cm³/mol. The van der Waals surface area contributed by atoms with Crippen molar-refractivity contribution in [2.24, 2.45) is 0 Å². The average Bonchev–Trinajstić information content (AvgIpc) is 2.93. The standard InChI is InChI=1S/C16H22N4O2S/c1-14-3-5-16(6-4-14)23(21,22)20-11-9-18(10-12-20)13-19-8-7-15(2)17-19/h3-8H,9-13H2,1-2H3. The van der Waals surface area contributed by atoms with E-state index in [-0.39, 0.29) is 0 Å². The molecule has 2 aromatic rings. The fraction of sp³-hybridized carbons (Fsp3) is 0.438. The fourth-order valence-electron chi connectivity index (χ4n) is 2.72. The van der Waals surface area contributed by atoms with Crippen LogP contribution in [0.5, 0.6) is 0 Å². The minimum atomic E-state index is -3.39. The van der Waals surface area contributed by atoms with Gasteiger partial charge in [0.05, 0.1) is 17.3 Å². The zero-order chi connectivity index (χ0) is 16.4. The molecule has 1 fully saturated rings. The Hall–Kier alpha value is -1.70. The van der Waals surface area contributed by atoms with E-state index in [2.05, 4.69) is 10.00 Å². The van der Waals surface area contributed by atoms with Crippen LogP contribution in [0.25, 0.3) is 0 Å². The van der Waals surface area contributed by atoms with Crippen molar-refractivity contribution < 1.29 is 8.42 Å². The second-order valence-corrected chi connectivity index (χ2v) is 7.91. The number of hydrogen-bond donors (Lipinski definition) is 0. The van der Waals surface area contributed by atoms with Crippen LogP contribution in [-0.4, -0.2) is 53.6 Å². The molecular formula is C16H22N4O2S. The molecule has 0 radical (unpaired) electrons. The molecule has 0 spiro atoms. The zero-order valence-corrected chi connectivity index (χ0v) is 14.3. The molecule has 0 N–H and O–H groups in total. The van der Waals surface area contributed by atoms with Gasteiger partial charge >= 0.3 is 0 Å². The lowest BCUT2D eigenvalue weighted by Crippen LogP contribution is -2.48. The summed E-state index contributed by atoms with van der Waals surface area (Å²) in [5.41, 5.74) is 2.05. The first-order valence-electron chi connectivity index (χ1n) is 7.74. The highest BCUT2D eigenvalue weighted by molar-refractivity contribution is 7.89. The Balaban J connectivity index is 1.62. The molecule has 1 aromatic carbocycles. The molecule has 0 atom stereocenters. The van der Waals surface area contributed by atoms with Gasteiger partial charge in [-0.05, 0) is 32.0 Å². The van der Waals surface area contributed by atoms with Gasteiger partial charge in [-0.1, -0.05) is 17.7 Å². The molecule has 1 aliphatic rings. The molecule has 3 rings (SSSR count). The molecule has 2 heterocycles. The van der Waals surface area contributed by atoms with Crippen molar-refractivity contribution >= 4 is 10.0 Å². The molecule has 1 aliphatic heterocycles. The van der Waals surface area contributed by atoms with Gasteiger partial charge in [0, 0.05) is 32.4 Å². The van der Waals surface area contributed by atoms with Crippen LogP contribution in [0.15, 0.2) is 41.4 Å². The Morgan fingerprint density at radius 2 is 1.65 bits per heavy atom. The second-order valence-electron chi connectivity index (χ2n) is 5.97. The zero-order valence-electron chi connectivity index (χ0n) is 13.5. The van der Waals surface area contributed by atoms with E-state index in [0.717, 1.165) is 11.3 Å². The van der Waals surface area contributed by atoms with Crippen molar-refractivity contribution in [1.82, 2.24) is 19.0 Å². The van der Waals surface area contributed by atoms with E-state index in [1.54, 1.807) is 16.4 Å². The first-order chi connectivity index (χ1) is 10.9. The van der Waals surface area contributed by atoms with Gasteiger partial charge in [-0.3, -0.25) is 9.58 Å². The van der Waals surface area contributed by atoms with E-state index in [4.69, 9.17) is 0 Å². The maximum Gasteiger partial charge on any atom is 0.243 e. The van der Waals surface area contributed by atoms with Crippen LogP contribution < -0.4 is 0 Å². The summed E-state index contributed by atoms with van der Waals surface area (Å²) in [5.74, 6) is 0. The minimum Gasteiger partial charge on any atom is -0.282 e. The van der Waals surface area contributed by atoms with Gasteiger partial charge in [-0.2, -0.15) is 9.40 Å². The van der Waals surface area contributed by atoms with Gasteiger partial charge in [0.2, 0.25) is 10.0 Å². The smallest absolute Gasteiger partial charge is 0.243 e. The van der Waals surface area contributed by atoms with Crippen LogP contribution in [0.4, 0.5) is 0 Å². The normalized spacial score (nSPS) is 17.5. The van der Waals surface area contributed by atoms with E-state index >= 15 is 0 Å². The van der Waals surface area contributed by atoms with E-state index < -0.39 is 10.0 Å². The highest BCUT2D eigenvalue weighted by Crippen LogP contribution is 2.18. The summed E-state index contributed by atoms with van der Waals surface area (Å²) in [6.07, 6.45) is 1.95. The highest BCUT2D eigenvalue weighted by Gasteiger charge is 2.28. The summed E-state index contributed by atoms with van der Waals surface area (Å²) in [7, 11) is -3.39. The SMILES string of the molecule is Cc1ccc(S(=O)(=O)N2CCN(Cn3ccc(C)n3)CC2)cc1. The third-order valence-corrected chi connectivity index (χ3v) is 6.02. The van der Waals surface area contributed by atoms with E-state index in [0.29, 0.717) is 37.7 Å². The predicted octanol–water partition coefficient (Wildman–Crippen LogP) is 1.46. The first kappa shape index (κ1) is 16.2. The first-order valence-corrected chi connectivity index (χ1v) is 9.18. The molecule has 23 heavy (non-hydrogen) atoms. The highest BCUT2D eigenvalue weighted by atomic mass is 32.2. The van der Waals surface area contributed by atoms with Crippen LogP contribution in [-0.2, 0) is 16.7 Å². The Morgan fingerprint density at radius 1 is 1.00 bits per heavy atom. The van der Waals surface area contributed by atoms with Gasteiger partial charge in [0.25, 0.3) is 0 Å². The lowest BCUT2D eigenvalue weighted by molar-refractivity contribution is 0.145. The van der Waals surface area contributed by atoms with Crippen molar-refractivity contribution in [3.63, 3.8) is 0 Å². The lowest BCUT2D eigenvalue weighted by atomic mass is 10.2. The Morgan fingerprint density at radius 3 is 2.22 bits per heavy atom. The molecule has 124 valence electrons. The topological polar surface area (TPSA) is 58.4 Å².